The van der Waals surface area contributed by atoms with Gasteiger partial charge in [-0.3, -0.25) is 4.79 Å². The maximum absolute atomic E-state index is 13.1. The number of aromatic nitrogens is 3. The van der Waals surface area contributed by atoms with E-state index in [0.717, 1.165) is 39.4 Å². The Hall–Kier alpha value is -4.56. The molecule has 6 rings (SSSR count). The number of hydrogen-bond donors (Lipinski definition) is 4. The fourth-order valence-corrected chi connectivity index (χ4v) is 6.89. The smallest absolute Gasteiger partial charge is 0.433 e. The molecule has 1 aliphatic heterocycles. The molecule has 1 aliphatic carbocycles. The predicted octanol–water partition coefficient (Wildman–Crippen LogP) is 6.02. The van der Waals surface area contributed by atoms with E-state index < -0.39 is 23.6 Å². The van der Waals surface area contributed by atoms with Crippen molar-refractivity contribution in [1.29, 1.82) is 0 Å². The summed E-state index contributed by atoms with van der Waals surface area (Å²) in [6.07, 6.45) is 0.243. The fourth-order valence-electron chi connectivity index (χ4n) is 5.85. The lowest BCUT2D eigenvalue weighted by Gasteiger charge is -2.33. The molecule has 1 saturated heterocycles. The number of benzene rings is 2. The summed E-state index contributed by atoms with van der Waals surface area (Å²) >= 11 is 1.35. The van der Waals surface area contributed by atoms with E-state index in [1.54, 1.807) is 18.3 Å². The van der Waals surface area contributed by atoms with Gasteiger partial charge in [0.25, 0.3) is 0 Å². The minimum atomic E-state index is -4.58. The van der Waals surface area contributed by atoms with Gasteiger partial charge in [-0.1, -0.05) is 30.3 Å². The third-order valence-corrected chi connectivity index (χ3v) is 9.60. The zero-order valence-corrected chi connectivity index (χ0v) is 26.3. The summed E-state index contributed by atoms with van der Waals surface area (Å²) in [6.45, 7) is 2.62. The minimum absolute atomic E-state index is 0.0385. The van der Waals surface area contributed by atoms with E-state index in [2.05, 4.69) is 30.9 Å². The maximum Gasteiger partial charge on any atom is 0.433 e. The molecule has 246 valence electrons. The molecule has 4 N–H and O–H groups in total. The Balaban J connectivity index is 1.03. The molecule has 2 aliphatic rings. The molecular formula is C33H33F3N6O4S. The van der Waals surface area contributed by atoms with Crippen molar-refractivity contribution < 1.29 is 32.6 Å². The highest BCUT2D eigenvalue weighted by Crippen LogP contribution is 2.43. The average molecular weight is 667 g/mol. The van der Waals surface area contributed by atoms with Crippen LogP contribution in [0, 0.1) is 12.8 Å². The largest absolute Gasteiger partial charge is 0.447 e. The first kappa shape index (κ1) is 32.4. The van der Waals surface area contributed by atoms with Crippen LogP contribution in [0.5, 0.6) is 0 Å². The summed E-state index contributed by atoms with van der Waals surface area (Å²) < 4.78 is 44.2. The molecule has 10 nitrogen and oxygen atoms in total. The van der Waals surface area contributed by atoms with E-state index in [0.29, 0.717) is 56.0 Å². The normalized spacial score (nSPS) is 21.2. The number of nitrogens with zero attached hydrogens (tertiary/aromatic N) is 3. The maximum atomic E-state index is 13.1. The van der Waals surface area contributed by atoms with Gasteiger partial charge in [-0.2, -0.15) is 13.2 Å². The molecular weight excluding hydrogens is 633 g/mol. The Morgan fingerprint density at radius 3 is 2.55 bits per heavy atom. The molecule has 2 aromatic carbocycles. The number of halogens is 3. The SMILES string of the molecule is Cc1cc(Nc2nccc(C(F)(F)F)n2)cc(-c2cnc(C3(O)CCC(C(=O)NCc4ccc(C[C@@H]5COC(=O)N5)cc4)CC3)s2)c1. The fraction of sp³-hybridized carbons (Fsp3) is 0.364. The number of aliphatic hydroxyl groups is 1. The predicted molar refractivity (Wildman–Crippen MR) is 169 cm³/mol. The summed E-state index contributed by atoms with van der Waals surface area (Å²) in [5.41, 5.74) is 2.01. The molecule has 2 amide bonds. The summed E-state index contributed by atoms with van der Waals surface area (Å²) in [6, 6.07) is 14.1. The lowest BCUT2D eigenvalue weighted by Crippen LogP contribution is -2.38. The van der Waals surface area contributed by atoms with Crippen LogP contribution < -0.4 is 16.0 Å². The molecule has 3 heterocycles. The van der Waals surface area contributed by atoms with E-state index >= 15 is 0 Å². The molecule has 0 spiro atoms. The van der Waals surface area contributed by atoms with Gasteiger partial charge in [-0.05, 0) is 79.5 Å². The zero-order chi connectivity index (χ0) is 33.2. The van der Waals surface area contributed by atoms with Crippen molar-refractivity contribution in [2.45, 2.75) is 63.4 Å². The molecule has 47 heavy (non-hydrogen) atoms. The molecule has 0 bridgehead atoms. The highest BCUT2D eigenvalue weighted by Gasteiger charge is 2.39. The van der Waals surface area contributed by atoms with Crippen molar-refractivity contribution in [2.75, 3.05) is 11.9 Å². The number of anilines is 2. The number of hydrogen-bond acceptors (Lipinski definition) is 9. The van der Waals surface area contributed by atoms with Crippen molar-refractivity contribution in [3.63, 3.8) is 0 Å². The lowest BCUT2D eigenvalue weighted by atomic mass is 9.78. The van der Waals surface area contributed by atoms with Crippen LogP contribution in [0.3, 0.4) is 0 Å². The summed E-state index contributed by atoms with van der Waals surface area (Å²) in [4.78, 5) is 37.0. The number of carbonyl (C=O) groups excluding carboxylic acids is 2. The van der Waals surface area contributed by atoms with Crippen LogP contribution in [0.15, 0.2) is 60.9 Å². The van der Waals surface area contributed by atoms with Gasteiger partial charge in [0.15, 0.2) is 0 Å². The number of ether oxygens (including phenoxy) is 1. The van der Waals surface area contributed by atoms with Gasteiger partial charge in [-0.15, -0.1) is 11.3 Å². The van der Waals surface area contributed by atoms with Crippen molar-refractivity contribution in [3.8, 4) is 10.4 Å². The second-order valence-electron chi connectivity index (χ2n) is 12.0. The Morgan fingerprint density at radius 2 is 1.85 bits per heavy atom. The van der Waals surface area contributed by atoms with Gasteiger partial charge in [0.2, 0.25) is 11.9 Å². The van der Waals surface area contributed by atoms with Crippen LogP contribution in [0.2, 0.25) is 0 Å². The number of alkyl halides is 3. The molecule has 2 aromatic heterocycles. The average Bonchev–Trinajstić information content (AvgIpc) is 3.70. The van der Waals surface area contributed by atoms with Crippen molar-refractivity contribution >= 4 is 35.0 Å². The highest BCUT2D eigenvalue weighted by atomic mass is 32.1. The summed E-state index contributed by atoms with van der Waals surface area (Å²) in [7, 11) is 0. The number of cyclic esters (lactones) is 1. The number of amides is 2. The minimum Gasteiger partial charge on any atom is -0.447 e. The quantitative estimate of drug-likeness (QED) is 0.170. The zero-order valence-electron chi connectivity index (χ0n) is 25.4. The highest BCUT2D eigenvalue weighted by molar-refractivity contribution is 7.15. The molecule has 1 atom stereocenters. The Labute approximate surface area is 272 Å². The van der Waals surface area contributed by atoms with Gasteiger partial charge >= 0.3 is 12.3 Å². The van der Waals surface area contributed by atoms with E-state index in [1.165, 1.54) is 11.3 Å². The first-order chi connectivity index (χ1) is 22.4. The Kier molecular flexibility index (Phi) is 9.15. The Morgan fingerprint density at radius 1 is 1.11 bits per heavy atom. The van der Waals surface area contributed by atoms with Gasteiger partial charge in [0.05, 0.1) is 10.9 Å². The first-order valence-corrected chi connectivity index (χ1v) is 16.0. The third kappa shape index (κ3) is 7.88. The topological polar surface area (TPSA) is 138 Å². The second kappa shape index (κ2) is 13.3. The van der Waals surface area contributed by atoms with Gasteiger partial charge in [0.1, 0.15) is 22.9 Å². The van der Waals surface area contributed by atoms with Crippen molar-refractivity contribution in [1.82, 2.24) is 25.6 Å². The number of alkyl carbamates (subject to hydrolysis) is 1. The van der Waals surface area contributed by atoms with Crippen LogP contribution in [0.1, 0.15) is 53.1 Å². The van der Waals surface area contributed by atoms with Gasteiger partial charge in [0, 0.05) is 30.5 Å². The molecule has 14 heteroatoms. The van der Waals surface area contributed by atoms with E-state index in [1.807, 2.05) is 37.3 Å². The van der Waals surface area contributed by atoms with E-state index in [-0.39, 0.29) is 23.8 Å². The number of rotatable bonds is 9. The van der Waals surface area contributed by atoms with Crippen LogP contribution in [-0.4, -0.2) is 44.7 Å². The standard InChI is InChI=1S/C33H33F3N6O4S/c1-19-12-23(15-24(13-19)40-30-37-11-8-27(42-30)33(34,35)36)26-17-39-29(47-26)32(45)9-6-22(7-10-32)28(43)38-16-21-4-2-20(3-5-21)14-25-18-46-31(44)41-25/h2-5,8,11-13,15,17,22,25,45H,6-7,9-10,14,16,18H2,1H3,(H,38,43)(H,41,44)(H,37,40,42)/t22?,25-,32?/m1/s1. The summed E-state index contributed by atoms with van der Waals surface area (Å²) in [5, 5.41) is 20.7. The van der Waals surface area contributed by atoms with Gasteiger partial charge < -0.3 is 25.8 Å². The van der Waals surface area contributed by atoms with E-state index in [9.17, 15) is 27.9 Å². The number of nitrogens with one attached hydrogen (secondary N) is 3. The van der Waals surface area contributed by atoms with E-state index in [4.69, 9.17) is 4.74 Å². The van der Waals surface area contributed by atoms with Gasteiger partial charge in [-0.25, -0.2) is 19.7 Å². The first-order valence-electron chi connectivity index (χ1n) is 15.2. The molecule has 0 unspecified atom stereocenters. The monoisotopic (exact) mass is 666 g/mol. The van der Waals surface area contributed by atoms with Crippen molar-refractivity contribution in [2.24, 2.45) is 5.92 Å². The van der Waals surface area contributed by atoms with Crippen LogP contribution >= 0.6 is 11.3 Å². The lowest BCUT2D eigenvalue weighted by molar-refractivity contribution is -0.141. The van der Waals surface area contributed by atoms with Crippen LogP contribution in [-0.2, 0) is 34.3 Å². The summed E-state index contributed by atoms with van der Waals surface area (Å²) in [5.74, 6) is -0.438. The molecule has 2 fully saturated rings. The molecule has 1 saturated carbocycles. The number of carbonyl (C=O) groups is 2. The Bertz CT molecular complexity index is 1760. The number of thiazole rings is 1. The van der Waals surface area contributed by atoms with Crippen LogP contribution in [0.4, 0.5) is 29.6 Å². The van der Waals surface area contributed by atoms with Crippen molar-refractivity contribution in [3.05, 3.63) is 88.3 Å². The third-order valence-electron chi connectivity index (χ3n) is 8.36. The van der Waals surface area contributed by atoms with Crippen LogP contribution in [0.25, 0.3) is 10.4 Å². The number of aryl methyl sites for hydroxylation is 1. The second-order valence-corrected chi connectivity index (χ2v) is 13.0. The molecule has 4 aromatic rings. The molecule has 0 radical (unpaired) electrons.